The van der Waals surface area contributed by atoms with Crippen molar-refractivity contribution < 1.29 is 4.79 Å². The Balaban J connectivity index is 3.61. The van der Waals surface area contributed by atoms with Crippen LogP contribution >= 0.6 is 0 Å². The lowest BCUT2D eigenvalue weighted by Gasteiger charge is -2.17. The molecule has 0 bridgehead atoms. The number of nitrogens with one attached hydrogen (secondary N) is 2. The standard InChI is InChI=1S/C12H26N2O/c1-6-10(4)14-12(15)8-13-11(5)7-9(2)3/h9-11,13H,6-8H2,1-5H3,(H,14,15). The molecule has 0 fully saturated rings. The maximum atomic E-state index is 11.4. The Hall–Kier alpha value is -0.570. The lowest BCUT2D eigenvalue weighted by Crippen LogP contribution is -2.41. The summed E-state index contributed by atoms with van der Waals surface area (Å²) >= 11 is 0. The van der Waals surface area contributed by atoms with Crippen molar-refractivity contribution in [1.82, 2.24) is 10.6 Å². The van der Waals surface area contributed by atoms with Crippen LogP contribution in [0.1, 0.15) is 47.5 Å². The lowest BCUT2D eigenvalue weighted by molar-refractivity contribution is -0.121. The van der Waals surface area contributed by atoms with E-state index in [1.807, 2.05) is 6.92 Å². The van der Waals surface area contributed by atoms with Crippen LogP contribution in [0.5, 0.6) is 0 Å². The van der Waals surface area contributed by atoms with Crippen molar-refractivity contribution in [3.05, 3.63) is 0 Å². The molecule has 0 saturated heterocycles. The van der Waals surface area contributed by atoms with Gasteiger partial charge >= 0.3 is 0 Å². The predicted octanol–water partition coefficient (Wildman–Crippen LogP) is 1.93. The summed E-state index contributed by atoms with van der Waals surface area (Å²) in [5.74, 6) is 0.769. The summed E-state index contributed by atoms with van der Waals surface area (Å²) in [6.07, 6.45) is 2.09. The first-order chi connectivity index (χ1) is 6.95. The molecule has 0 heterocycles. The minimum Gasteiger partial charge on any atom is -0.353 e. The van der Waals surface area contributed by atoms with E-state index in [-0.39, 0.29) is 11.9 Å². The maximum Gasteiger partial charge on any atom is 0.234 e. The van der Waals surface area contributed by atoms with Crippen LogP contribution in [-0.4, -0.2) is 24.5 Å². The Bertz CT molecular complexity index is 180. The highest BCUT2D eigenvalue weighted by atomic mass is 16.1. The molecule has 0 aromatic carbocycles. The molecule has 0 aliphatic heterocycles. The molecule has 15 heavy (non-hydrogen) atoms. The average Bonchev–Trinajstić information content (AvgIpc) is 2.13. The second kappa shape index (κ2) is 7.69. The van der Waals surface area contributed by atoms with Gasteiger partial charge in [-0.05, 0) is 32.6 Å². The fourth-order valence-electron chi connectivity index (χ4n) is 1.49. The van der Waals surface area contributed by atoms with Crippen molar-refractivity contribution in [2.75, 3.05) is 6.54 Å². The third kappa shape index (κ3) is 8.43. The van der Waals surface area contributed by atoms with E-state index in [1.165, 1.54) is 0 Å². The summed E-state index contributed by atoms with van der Waals surface area (Å²) in [4.78, 5) is 11.4. The molecular formula is C12H26N2O. The molecule has 0 radical (unpaired) electrons. The van der Waals surface area contributed by atoms with Crippen LogP contribution in [0.15, 0.2) is 0 Å². The van der Waals surface area contributed by atoms with Crippen LogP contribution in [-0.2, 0) is 4.79 Å². The summed E-state index contributed by atoms with van der Waals surface area (Å²) in [6, 6.07) is 0.687. The highest BCUT2D eigenvalue weighted by molar-refractivity contribution is 5.78. The van der Waals surface area contributed by atoms with Crippen LogP contribution in [0.25, 0.3) is 0 Å². The van der Waals surface area contributed by atoms with Crippen LogP contribution in [0.4, 0.5) is 0 Å². The Morgan fingerprint density at radius 1 is 1.13 bits per heavy atom. The van der Waals surface area contributed by atoms with Gasteiger partial charge in [0.05, 0.1) is 6.54 Å². The van der Waals surface area contributed by atoms with E-state index in [2.05, 4.69) is 38.3 Å². The molecule has 2 N–H and O–H groups in total. The summed E-state index contributed by atoms with van der Waals surface area (Å²) in [6.45, 7) is 11.0. The van der Waals surface area contributed by atoms with Gasteiger partial charge in [-0.25, -0.2) is 0 Å². The number of hydrogen-bond donors (Lipinski definition) is 2. The molecule has 90 valence electrons. The highest BCUT2D eigenvalue weighted by Gasteiger charge is 2.08. The van der Waals surface area contributed by atoms with Gasteiger partial charge < -0.3 is 10.6 Å². The van der Waals surface area contributed by atoms with Gasteiger partial charge in [-0.3, -0.25) is 4.79 Å². The molecule has 0 aromatic rings. The quantitative estimate of drug-likeness (QED) is 0.680. The monoisotopic (exact) mass is 214 g/mol. The van der Waals surface area contributed by atoms with E-state index in [9.17, 15) is 4.79 Å². The second-order valence-corrected chi connectivity index (χ2v) is 4.79. The SMILES string of the molecule is CCC(C)NC(=O)CNC(C)CC(C)C. The van der Waals surface area contributed by atoms with Crippen LogP contribution in [0.2, 0.25) is 0 Å². The van der Waals surface area contributed by atoms with Gasteiger partial charge in [0.25, 0.3) is 0 Å². The van der Waals surface area contributed by atoms with Gasteiger partial charge in [-0.1, -0.05) is 20.8 Å². The van der Waals surface area contributed by atoms with Crippen LogP contribution < -0.4 is 10.6 Å². The maximum absolute atomic E-state index is 11.4. The van der Waals surface area contributed by atoms with Gasteiger partial charge in [-0.2, -0.15) is 0 Å². The summed E-state index contributed by atoms with van der Waals surface area (Å²) in [5, 5.41) is 6.17. The number of hydrogen-bond acceptors (Lipinski definition) is 2. The zero-order valence-electron chi connectivity index (χ0n) is 10.8. The largest absolute Gasteiger partial charge is 0.353 e. The van der Waals surface area contributed by atoms with Gasteiger partial charge in [0.15, 0.2) is 0 Å². The first-order valence-electron chi connectivity index (χ1n) is 5.98. The zero-order chi connectivity index (χ0) is 11.8. The van der Waals surface area contributed by atoms with Gasteiger partial charge in [0.2, 0.25) is 5.91 Å². The Labute approximate surface area is 94.0 Å². The molecular weight excluding hydrogens is 188 g/mol. The molecule has 0 aliphatic rings. The molecule has 0 rings (SSSR count). The van der Waals surface area contributed by atoms with Gasteiger partial charge in [-0.15, -0.1) is 0 Å². The number of amides is 1. The van der Waals surface area contributed by atoms with E-state index in [0.717, 1.165) is 12.8 Å². The van der Waals surface area contributed by atoms with Gasteiger partial charge in [0, 0.05) is 12.1 Å². The number of carbonyl (C=O) groups excluding carboxylic acids is 1. The van der Waals surface area contributed by atoms with E-state index in [1.54, 1.807) is 0 Å². The van der Waals surface area contributed by atoms with Crippen molar-refractivity contribution in [3.8, 4) is 0 Å². The second-order valence-electron chi connectivity index (χ2n) is 4.79. The normalized spacial score (nSPS) is 15.1. The summed E-state index contributed by atoms with van der Waals surface area (Å²) < 4.78 is 0. The average molecular weight is 214 g/mol. The van der Waals surface area contributed by atoms with Crippen molar-refractivity contribution in [2.45, 2.75) is 59.5 Å². The van der Waals surface area contributed by atoms with E-state index >= 15 is 0 Å². The third-order valence-corrected chi connectivity index (χ3v) is 2.46. The topological polar surface area (TPSA) is 41.1 Å². The molecule has 2 atom stereocenters. The molecule has 2 unspecified atom stereocenters. The van der Waals surface area contributed by atoms with E-state index in [0.29, 0.717) is 18.5 Å². The van der Waals surface area contributed by atoms with Crippen molar-refractivity contribution in [3.63, 3.8) is 0 Å². The fraction of sp³-hybridized carbons (Fsp3) is 0.917. The number of rotatable bonds is 7. The van der Waals surface area contributed by atoms with Crippen molar-refractivity contribution in [1.29, 1.82) is 0 Å². The molecule has 0 aromatic heterocycles. The van der Waals surface area contributed by atoms with E-state index < -0.39 is 0 Å². The third-order valence-electron chi connectivity index (χ3n) is 2.46. The zero-order valence-corrected chi connectivity index (χ0v) is 10.8. The molecule has 3 heteroatoms. The fourth-order valence-corrected chi connectivity index (χ4v) is 1.49. The van der Waals surface area contributed by atoms with Crippen molar-refractivity contribution >= 4 is 5.91 Å². The first kappa shape index (κ1) is 14.4. The Morgan fingerprint density at radius 2 is 1.73 bits per heavy atom. The summed E-state index contributed by atoms with van der Waals surface area (Å²) in [5.41, 5.74) is 0. The van der Waals surface area contributed by atoms with Crippen molar-refractivity contribution in [2.24, 2.45) is 5.92 Å². The molecule has 3 nitrogen and oxygen atoms in total. The number of carbonyl (C=O) groups is 1. The first-order valence-corrected chi connectivity index (χ1v) is 5.98. The minimum absolute atomic E-state index is 0.0972. The van der Waals surface area contributed by atoms with E-state index in [4.69, 9.17) is 0 Å². The molecule has 0 spiro atoms. The lowest BCUT2D eigenvalue weighted by atomic mass is 10.1. The Morgan fingerprint density at radius 3 is 2.20 bits per heavy atom. The predicted molar refractivity (Wildman–Crippen MR) is 64.8 cm³/mol. The molecule has 0 aliphatic carbocycles. The summed E-state index contributed by atoms with van der Waals surface area (Å²) in [7, 11) is 0. The van der Waals surface area contributed by atoms with Gasteiger partial charge in [0.1, 0.15) is 0 Å². The highest BCUT2D eigenvalue weighted by Crippen LogP contribution is 2.03. The minimum atomic E-state index is 0.0972. The van der Waals surface area contributed by atoms with Crippen LogP contribution in [0.3, 0.4) is 0 Å². The molecule has 0 saturated carbocycles. The Kier molecular flexibility index (Phi) is 7.39. The van der Waals surface area contributed by atoms with Crippen LogP contribution in [0, 0.1) is 5.92 Å². The smallest absolute Gasteiger partial charge is 0.234 e. The molecule has 1 amide bonds.